The third kappa shape index (κ3) is 28.8. The minimum absolute atomic E-state index is 0.00509. The number of carbonyl (C=O) groups is 14. The van der Waals surface area contributed by atoms with Gasteiger partial charge in [-0.3, -0.25) is 86.9 Å². The largest absolute Gasteiger partial charge is 0.512 e. The molecular weight excluding hydrogens is 1480 g/mol. The number of H-pyrrole nitrogens is 1. The van der Waals surface area contributed by atoms with Crippen LogP contribution < -0.4 is 21.3 Å². The van der Waals surface area contributed by atoms with Gasteiger partial charge in [0.25, 0.3) is 5.91 Å². The number of esters is 2. The van der Waals surface area contributed by atoms with Crippen molar-refractivity contribution in [2.75, 3.05) is 98.2 Å². The molecule has 10 N–H and O–H groups in total. The standard InChI is InChI=1S/C80H109N13O21/c1-51(94)46-88-32-36-90(48-69(97)98)38-34-89(35-39-91(37-33-88)49-70(99)100)47-63(95)23-18-54-15-20-57(21-16-54)73(103)86-65(41-55-17-19-56-10-4-5-11-59(56)40-55)74(104)83-27-7-6-12-60(78(108)109)42-64(96)43-61(79(110)111)22-24-71(101)113-53(3)114-80(112)68-14-9-31-93(68)77(107)66(44-62-45-82-50-84-62)87-75(105)67-13-8-30-92(67)76(106)52(2)85-72(102)58-25-28-81-29-26-58/h4-5,10-11,17,19,25-26,28-29,40,45,50,52-54,57,60-61,65-68,94H,1,6-9,12-16,18,20-24,27,30-39,41-44,46-49H2,2-3H3,(H,82,84)(H,83,104)(H,85,102)(H,86,103)(H,87,105)(H,97,98)(H,99,100)(H,108,109)(H,110,111)/t52-,53?,54?,57?,60-,61-,65+,66+,67+,68+/m1/s1. The fourth-order valence-electron chi connectivity index (χ4n) is 15.2. The van der Waals surface area contributed by atoms with Crippen LogP contribution in [0.3, 0.4) is 0 Å². The second-order valence-corrected chi connectivity index (χ2v) is 30.2. The molecule has 3 aliphatic heterocycles. The third-order valence-electron chi connectivity index (χ3n) is 21.5. The van der Waals surface area contributed by atoms with Crippen LogP contribution >= 0.6 is 0 Å². The molecule has 5 heterocycles. The van der Waals surface area contributed by atoms with E-state index in [4.69, 9.17) is 9.47 Å². The van der Waals surface area contributed by atoms with Gasteiger partial charge in [0.05, 0.1) is 50.1 Å². The van der Waals surface area contributed by atoms with Gasteiger partial charge >= 0.3 is 35.8 Å². The number of ether oxygens (including phenoxy) is 2. The van der Waals surface area contributed by atoms with E-state index in [-0.39, 0.29) is 126 Å². The van der Waals surface area contributed by atoms with Crippen molar-refractivity contribution in [1.29, 1.82) is 0 Å². The number of hydrogen-bond acceptors (Lipinski definition) is 23. The van der Waals surface area contributed by atoms with E-state index in [1.807, 2.05) is 52.3 Å². The second kappa shape index (κ2) is 44.8. The first-order valence-corrected chi connectivity index (χ1v) is 39.3. The number of imidazole rings is 1. The molecule has 34 nitrogen and oxygen atoms in total. The Hall–Kier alpha value is -10.6. The molecule has 4 aliphatic rings. The van der Waals surface area contributed by atoms with E-state index in [1.165, 1.54) is 60.7 Å². The number of unbranched alkanes of at least 4 members (excludes halogenated alkanes) is 1. The highest BCUT2D eigenvalue weighted by atomic mass is 16.7. The summed E-state index contributed by atoms with van der Waals surface area (Å²) in [7, 11) is 0. The van der Waals surface area contributed by atoms with Gasteiger partial charge in [-0.15, -0.1) is 0 Å². The number of benzene rings is 2. The van der Waals surface area contributed by atoms with Crippen molar-refractivity contribution in [3.63, 3.8) is 0 Å². The van der Waals surface area contributed by atoms with Crippen molar-refractivity contribution >= 4 is 93.6 Å². The van der Waals surface area contributed by atoms with Crippen molar-refractivity contribution in [3.8, 4) is 0 Å². The fourth-order valence-corrected chi connectivity index (χ4v) is 15.2. The molecule has 4 fully saturated rings. The zero-order valence-electron chi connectivity index (χ0n) is 64.9. The molecule has 1 saturated carbocycles. The molecule has 1 unspecified atom stereocenters. The summed E-state index contributed by atoms with van der Waals surface area (Å²) in [5.74, 6) is -13.3. The van der Waals surface area contributed by atoms with Gasteiger partial charge in [0.15, 0.2) is 0 Å². The van der Waals surface area contributed by atoms with Crippen LogP contribution in [0.5, 0.6) is 0 Å². The Kier molecular flexibility index (Phi) is 34.9. The van der Waals surface area contributed by atoms with Gasteiger partial charge < -0.3 is 71.1 Å². The van der Waals surface area contributed by atoms with Crippen molar-refractivity contribution in [3.05, 3.63) is 109 Å². The maximum absolute atomic E-state index is 14.4. The monoisotopic (exact) mass is 1590 g/mol. The number of aliphatic hydroxyl groups is 1. The van der Waals surface area contributed by atoms with E-state index >= 15 is 0 Å². The van der Waals surface area contributed by atoms with Crippen LogP contribution in [-0.4, -0.2) is 287 Å². The van der Waals surface area contributed by atoms with Crippen LogP contribution in [0.15, 0.2) is 91.9 Å². The number of carboxylic acid groups (broad SMARTS) is 4. The lowest BCUT2D eigenvalue weighted by Crippen LogP contribution is -2.57. The number of rotatable bonds is 41. The molecule has 8 rings (SSSR count). The number of fused-ring (bicyclic) bond motifs is 1. The minimum Gasteiger partial charge on any atom is -0.512 e. The molecule has 2 aromatic heterocycles. The highest BCUT2D eigenvalue weighted by Gasteiger charge is 2.43. The van der Waals surface area contributed by atoms with Gasteiger partial charge in [-0.1, -0.05) is 55.5 Å². The maximum atomic E-state index is 14.4. The number of aliphatic carboxylic acids is 4. The van der Waals surface area contributed by atoms with Gasteiger partial charge in [0.1, 0.15) is 41.8 Å². The Morgan fingerprint density at radius 1 is 0.570 bits per heavy atom. The summed E-state index contributed by atoms with van der Waals surface area (Å²) in [6, 6.07) is 11.1. The normalized spacial score (nSPS) is 19.7. The van der Waals surface area contributed by atoms with Crippen LogP contribution in [-0.2, 0) is 84.6 Å². The number of Topliss-reactive ketones (excluding diaryl/α,β-unsaturated/α-hetero) is 2. The number of amides is 6. The summed E-state index contributed by atoms with van der Waals surface area (Å²) < 4.78 is 10.8. The SMILES string of the molecule is C=C(O)CN1CCN(CC(=O)O)CCN(CC(=O)CCC2CCC(C(=O)N[C@@H](Cc3ccc4ccccc4c3)C(=O)NCCCC[C@H](CC(=O)C[C@@H](CCC(=O)OC(C)OC(=O)[C@@H]3CCCN3C(=O)[C@H](Cc3cnc[nH]3)NC(=O)[C@@H]3CCCN3C(=O)[C@@H](C)NC(=O)c3ccncc3)C(=O)O)C(=O)O)CC2)CCN(CC(=O)O)CC1. The summed E-state index contributed by atoms with van der Waals surface area (Å²) in [6.45, 7) is 9.48. The fraction of sp³-hybridized carbons (Fsp3) is 0.575. The van der Waals surface area contributed by atoms with E-state index in [0.29, 0.717) is 103 Å². The summed E-state index contributed by atoms with van der Waals surface area (Å²) in [4.78, 5) is 207. The number of nitrogens with zero attached hydrogens (tertiary/aromatic N) is 8. The molecule has 3 saturated heterocycles. The minimum atomic E-state index is -1.52. The Morgan fingerprint density at radius 2 is 1.15 bits per heavy atom. The van der Waals surface area contributed by atoms with Crippen LogP contribution in [0.1, 0.15) is 145 Å². The highest BCUT2D eigenvalue weighted by Crippen LogP contribution is 2.33. The smallest absolute Gasteiger partial charge is 0.331 e. The molecule has 0 radical (unpaired) electrons. The Morgan fingerprint density at radius 3 is 1.75 bits per heavy atom. The number of aromatic nitrogens is 3. The van der Waals surface area contributed by atoms with Crippen molar-refractivity contribution in [2.45, 2.75) is 172 Å². The Bertz CT molecular complexity index is 3960. The molecule has 1 aliphatic carbocycles. The average molecular weight is 1590 g/mol. The zero-order valence-corrected chi connectivity index (χ0v) is 64.9. The lowest BCUT2D eigenvalue weighted by Gasteiger charge is -2.33. The lowest BCUT2D eigenvalue weighted by molar-refractivity contribution is -0.188. The predicted molar refractivity (Wildman–Crippen MR) is 411 cm³/mol. The number of carboxylic acids is 4. The van der Waals surface area contributed by atoms with Crippen LogP contribution in [0.4, 0.5) is 0 Å². The predicted octanol–water partition coefficient (Wildman–Crippen LogP) is 3.38. The lowest BCUT2D eigenvalue weighted by atomic mass is 9.79. The van der Waals surface area contributed by atoms with Gasteiger partial charge in [-0.2, -0.15) is 0 Å². The Balaban J connectivity index is 0.763. The van der Waals surface area contributed by atoms with Crippen molar-refractivity contribution < 1.29 is 102 Å². The van der Waals surface area contributed by atoms with Gasteiger partial charge in [-0.05, 0) is 118 Å². The van der Waals surface area contributed by atoms with E-state index in [2.05, 4.69) is 42.8 Å². The summed E-state index contributed by atoms with van der Waals surface area (Å²) >= 11 is 0. The number of carbonyl (C=O) groups excluding carboxylic acids is 10. The maximum Gasteiger partial charge on any atom is 0.331 e. The number of aliphatic hydroxyl groups excluding tert-OH is 1. The number of nitrogens with one attached hydrogen (secondary N) is 5. The van der Waals surface area contributed by atoms with E-state index in [0.717, 1.165) is 16.3 Å². The molecule has 0 bridgehead atoms. The molecule has 4 aromatic rings. The number of likely N-dealkylation sites (tertiary alicyclic amines) is 2. The van der Waals surface area contributed by atoms with Crippen LogP contribution in [0.25, 0.3) is 10.8 Å². The summed E-state index contributed by atoms with van der Waals surface area (Å²) in [5.41, 5.74) is 1.56. The highest BCUT2D eigenvalue weighted by molar-refractivity contribution is 5.99. The quantitative estimate of drug-likeness (QED) is 0.0132. The average Bonchev–Trinajstić information content (AvgIpc) is 1.65. The number of hydrogen-bond donors (Lipinski definition) is 10. The molecule has 8 atom stereocenters. The first-order valence-electron chi connectivity index (χ1n) is 39.3. The first-order chi connectivity index (χ1) is 54.5. The van der Waals surface area contributed by atoms with E-state index in [9.17, 15) is 92.7 Å². The van der Waals surface area contributed by atoms with Crippen LogP contribution in [0, 0.1) is 23.7 Å². The van der Waals surface area contributed by atoms with E-state index < -0.39 is 151 Å². The molecule has 34 heteroatoms. The first kappa shape index (κ1) is 89.0. The van der Waals surface area contributed by atoms with Gasteiger partial charge in [-0.25, -0.2) is 9.78 Å². The topological polar surface area (TPSA) is 468 Å². The third-order valence-corrected chi connectivity index (χ3v) is 21.5. The van der Waals surface area contributed by atoms with Gasteiger partial charge in [0, 0.05) is 153 Å². The van der Waals surface area contributed by atoms with E-state index in [1.54, 1.807) is 9.80 Å². The molecular formula is C80H109N13O21. The van der Waals surface area contributed by atoms with Crippen molar-refractivity contribution in [1.82, 2.24) is 65.6 Å². The van der Waals surface area contributed by atoms with Gasteiger partial charge in [0.2, 0.25) is 35.8 Å². The molecule has 0 spiro atoms. The molecule has 2 aromatic carbocycles. The number of aromatic amines is 1. The molecule has 6 amide bonds. The Labute approximate surface area is 661 Å². The van der Waals surface area contributed by atoms with Crippen molar-refractivity contribution in [2.24, 2.45) is 23.7 Å². The summed E-state index contributed by atoms with van der Waals surface area (Å²) in [6.07, 6.45) is 7.25. The summed E-state index contributed by atoms with van der Waals surface area (Å²) in [5, 5.41) is 62.8. The number of ketones is 2. The molecule has 114 heavy (non-hydrogen) atoms. The van der Waals surface area contributed by atoms with Crippen LogP contribution in [0.2, 0.25) is 0 Å². The second-order valence-electron chi connectivity index (χ2n) is 30.2. The number of pyridine rings is 1. The zero-order chi connectivity index (χ0) is 82.4. The molecule has 620 valence electrons.